The summed E-state index contributed by atoms with van der Waals surface area (Å²) in [6.07, 6.45) is 0. The third-order valence-electron chi connectivity index (χ3n) is 4.05. The second kappa shape index (κ2) is 5.53. The Hall–Kier alpha value is -3.08. The number of fused-ring (bicyclic) bond motifs is 2. The highest BCUT2D eigenvalue weighted by Gasteiger charge is 2.37. The van der Waals surface area contributed by atoms with Gasteiger partial charge >= 0.3 is 5.97 Å². The Morgan fingerprint density at radius 1 is 1.08 bits per heavy atom. The molecule has 0 amide bonds. The van der Waals surface area contributed by atoms with Crippen LogP contribution in [-0.4, -0.2) is 25.2 Å². The van der Waals surface area contributed by atoms with E-state index in [-0.39, 0.29) is 24.8 Å². The summed E-state index contributed by atoms with van der Waals surface area (Å²) >= 11 is 0. The van der Waals surface area contributed by atoms with Gasteiger partial charge in [0.25, 0.3) is 0 Å². The van der Waals surface area contributed by atoms with E-state index in [9.17, 15) is 9.59 Å². The molecule has 0 radical (unpaired) electrons. The maximum Gasteiger partial charge on any atom is 0.342 e. The lowest BCUT2D eigenvalue weighted by atomic mass is 9.97. The van der Waals surface area contributed by atoms with Crippen LogP contribution in [0.15, 0.2) is 48.0 Å². The van der Waals surface area contributed by atoms with Crippen molar-refractivity contribution in [3.05, 3.63) is 64.7 Å². The third kappa shape index (κ3) is 2.09. The summed E-state index contributed by atoms with van der Waals surface area (Å²) < 4.78 is 15.9. The molecule has 5 nitrogen and oxygen atoms in total. The van der Waals surface area contributed by atoms with Crippen LogP contribution in [0.4, 0.5) is 0 Å². The molecule has 0 N–H and O–H groups in total. The molecule has 1 aliphatic carbocycles. The molecular formula is C19H14O5. The molecule has 1 heterocycles. The molecule has 0 bridgehead atoms. The Bertz CT molecular complexity index is 880. The largest absolute Gasteiger partial charge is 0.462 e. The number of carbonyl (C=O) groups is 2. The fourth-order valence-electron chi connectivity index (χ4n) is 3.02. The Labute approximate surface area is 138 Å². The number of esters is 1. The molecule has 0 spiro atoms. The fraction of sp³-hybridized carbons (Fsp3) is 0.158. The molecule has 24 heavy (non-hydrogen) atoms. The van der Waals surface area contributed by atoms with Crippen molar-refractivity contribution >= 4 is 17.3 Å². The van der Waals surface area contributed by atoms with Crippen molar-refractivity contribution in [2.75, 3.05) is 13.4 Å². The Balaban J connectivity index is 1.96. The Morgan fingerprint density at radius 2 is 1.75 bits per heavy atom. The van der Waals surface area contributed by atoms with Crippen molar-refractivity contribution in [2.24, 2.45) is 0 Å². The van der Waals surface area contributed by atoms with Crippen LogP contribution in [0.2, 0.25) is 0 Å². The predicted molar refractivity (Wildman–Crippen MR) is 86.0 cm³/mol. The zero-order valence-electron chi connectivity index (χ0n) is 13.0. The topological polar surface area (TPSA) is 61.8 Å². The van der Waals surface area contributed by atoms with Gasteiger partial charge in [-0.05, 0) is 30.2 Å². The minimum absolute atomic E-state index is 0.0572. The van der Waals surface area contributed by atoms with Crippen molar-refractivity contribution in [1.82, 2.24) is 0 Å². The highest BCUT2D eigenvalue weighted by molar-refractivity contribution is 6.35. The quantitative estimate of drug-likeness (QED) is 0.642. The summed E-state index contributed by atoms with van der Waals surface area (Å²) in [7, 11) is 0. The normalized spacial score (nSPS) is 14.8. The minimum Gasteiger partial charge on any atom is -0.462 e. The van der Waals surface area contributed by atoms with Gasteiger partial charge in [-0.1, -0.05) is 30.3 Å². The molecule has 0 unspecified atom stereocenters. The van der Waals surface area contributed by atoms with Gasteiger partial charge in [0, 0.05) is 11.1 Å². The van der Waals surface area contributed by atoms with Crippen molar-refractivity contribution in [3.8, 4) is 11.5 Å². The second-order valence-electron chi connectivity index (χ2n) is 5.42. The number of hydrogen-bond acceptors (Lipinski definition) is 5. The van der Waals surface area contributed by atoms with Crippen LogP contribution in [0.25, 0.3) is 5.57 Å². The van der Waals surface area contributed by atoms with E-state index in [1.165, 1.54) is 0 Å². The SMILES string of the molecule is CCOC(=O)C1=C(c2ccccc2)c2cc3c(cc2C1=O)OCO3. The van der Waals surface area contributed by atoms with Gasteiger partial charge < -0.3 is 14.2 Å². The van der Waals surface area contributed by atoms with Crippen LogP contribution < -0.4 is 9.47 Å². The van der Waals surface area contributed by atoms with E-state index in [0.717, 1.165) is 5.56 Å². The van der Waals surface area contributed by atoms with Crippen LogP contribution in [-0.2, 0) is 9.53 Å². The van der Waals surface area contributed by atoms with Gasteiger partial charge in [0.2, 0.25) is 12.6 Å². The average molecular weight is 322 g/mol. The van der Waals surface area contributed by atoms with Gasteiger partial charge in [-0.2, -0.15) is 0 Å². The second-order valence-corrected chi connectivity index (χ2v) is 5.42. The summed E-state index contributed by atoms with van der Waals surface area (Å²) in [5, 5.41) is 0. The molecular weight excluding hydrogens is 308 g/mol. The molecule has 1 aliphatic heterocycles. The minimum atomic E-state index is -0.612. The lowest BCUT2D eigenvalue weighted by Crippen LogP contribution is -2.14. The molecule has 2 aliphatic rings. The lowest BCUT2D eigenvalue weighted by Gasteiger charge is -2.08. The molecule has 2 aromatic carbocycles. The summed E-state index contributed by atoms with van der Waals surface area (Å²) in [6.45, 7) is 2.04. The first kappa shape index (κ1) is 14.5. The van der Waals surface area contributed by atoms with E-state index in [1.54, 1.807) is 19.1 Å². The zero-order valence-corrected chi connectivity index (χ0v) is 13.0. The van der Waals surface area contributed by atoms with E-state index in [4.69, 9.17) is 14.2 Å². The lowest BCUT2D eigenvalue weighted by molar-refractivity contribution is -0.137. The van der Waals surface area contributed by atoms with Crippen molar-refractivity contribution in [3.63, 3.8) is 0 Å². The molecule has 0 fully saturated rings. The van der Waals surface area contributed by atoms with Crippen LogP contribution in [0.5, 0.6) is 11.5 Å². The van der Waals surface area contributed by atoms with Gasteiger partial charge in [-0.25, -0.2) is 4.79 Å². The summed E-state index contributed by atoms with van der Waals surface area (Å²) in [4.78, 5) is 25.2. The number of hydrogen-bond donors (Lipinski definition) is 0. The fourth-order valence-corrected chi connectivity index (χ4v) is 3.02. The molecule has 0 atom stereocenters. The molecule has 0 saturated carbocycles. The highest BCUT2D eigenvalue weighted by atomic mass is 16.7. The van der Waals surface area contributed by atoms with Gasteiger partial charge in [0.15, 0.2) is 11.5 Å². The van der Waals surface area contributed by atoms with E-state index >= 15 is 0 Å². The maximum absolute atomic E-state index is 12.8. The molecule has 2 aromatic rings. The zero-order chi connectivity index (χ0) is 16.7. The van der Waals surface area contributed by atoms with Crippen LogP contribution in [0.1, 0.15) is 28.4 Å². The van der Waals surface area contributed by atoms with Crippen LogP contribution in [0, 0.1) is 0 Å². The first-order valence-electron chi connectivity index (χ1n) is 7.66. The molecule has 4 rings (SSSR count). The van der Waals surface area contributed by atoms with Crippen molar-refractivity contribution in [2.45, 2.75) is 6.92 Å². The first-order valence-corrected chi connectivity index (χ1v) is 7.66. The monoisotopic (exact) mass is 322 g/mol. The third-order valence-corrected chi connectivity index (χ3v) is 4.05. The Kier molecular flexibility index (Phi) is 3.34. The van der Waals surface area contributed by atoms with E-state index in [2.05, 4.69) is 0 Å². The number of Topliss-reactive ketones (excluding diaryl/α,β-unsaturated/α-hetero) is 1. The standard InChI is InChI=1S/C19H14O5/c1-2-22-19(21)17-16(11-6-4-3-5-7-11)12-8-14-15(24-10-23-14)9-13(12)18(17)20/h3-9H,2,10H2,1H3. The van der Waals surface area contributed by atoms with Crippen LogP contribution in [0.3, 0.4) is 0 Å². The van der Waals surface area contributed by atoms with Crippen molar-refractivity contribution < 1.29 is 23.8 Å². The Morgan fingerprint density at radius 3 is 2.42 bits per heavy atom. The van der Waals surface area contributed by atoms with Gasteiger partial charge in [0.1, 0.15) is 5.57 Å². The molecule has 0 saturated heterocycles. The molecule has 0 aromatic heterocycles. The predicted octanol–water partition coefficient (Wildman–Crippen LogP) is 2.98. The highest BCUT2D eigenvalue weighted by Crippen LogP contribution is 2.44. The van der Waals surface area contributed by atoms with Gasteiger partial charge in [-0.15, -0.1) is 0 Å². The summed E-state index contributed by atoms with van der Waals surface area (Å²) in [5.41, 5.74) is 2.51. The molecule has 5 heteroatoms. The van der Waals surface area contributed by atoms with E-state index < -0.39 is 5.97 Å². The number of rotatable bonds is 3. The van der Waals surface area contributed by atoms with Gasteiger partial charge in [-0.3, -0.25) is 4.79 Å². The number of carbonyl (C=O) groups excluding carboxylic acids is 2. The van der Waals surface area contributed by atoms with E-state index in [0.29, 0.717) is 28.2 Å². The van der Waals surface area contributed by atoms with Crippen molar-refractivity contribution in [1.29, 1.82) is 0 Å². The number of benzene rings is 2. The summed E-state index contributed by atoms with van der Waals surface area (Å²) in [6, 6.07) is 12.7. The maximum atomic E-state index is 12.8. The van der Waals surface area contributed by atoms with E-state index in [1.807, 2.05) is 30.3 Å². The average Bonchev–Trinajstić information content (AvgIpc) is 3.16. The van der Waals surface area contributed by atoms with Crippen LogP contribution >= 0.6 is 0 Å². The smallest absolute Gasteiger partial charge is 0.342 e. The van der Waals surface area contributed by atoms with Gasteiger partial charge in [0.05, 0.1) is 6.61 Å². The summed E-state index contributed by atoms with van der Waals surface area (Å²) in [5.74, 6) is 0.125. The number of ketones is 1. The molecule has 120 valence electrons. The number of ether oxygens (including phenoxy) is 3. The first-order chi connectivity index (χ1) is 11.7.